The molecule has 0 aliphatic carbocycles. The Hall–Kier alpha value is -2.48. The summed E-state index contributed by atoms with van der Waals surface area (Å²) in [6.45, 7) is 3.30. The minimum Gasteiger partial charge on any atom is -0.497 e. The maximum Gasteiger partial charge on any atom is 0.329 e. The number of hydrogen-bond acceptors (Lipinski definition) is 7. The molecule has 1 saturated heterocycles. The molecule has 1 aliphatic heterocycles. The summed E-state index contributed by atoms with van der Waals surface area (Å²) in [5.41, 5.74) is 0.594. The van der Waals surface area contributed by atoms with Gasteiger partial charge in [-0.3, -0.25) is 14.5 Å². The van der Waals surface area contributed by atoms with Gasteiger partial charge in [-0.25, -0.2) is 4.79 Å². The molecule has 8 heteroatoms. The molecule has 7 nitrogen and oxygen atoms in total. The molecule has 1 heterocycles. The van der Waals surface area contributed by atoms with Gasteiger partial charge >= 0.3 is 5.97 Å². The smallest absolute Gasteiger partial charge is 0.329 e. The van der Waals surface area contributed by atoms with E-state index in [1.807, 2.05) is 0 Å². The fraction of sp³-hybridized carbons (Fsp3) is 0.353. The van der Waals surface area contributed by atoms with Crippen molar-refractivity contribution in [1.29, 1.82) is 0 Å². The van der Waals surface area contributed by atoms with Gasteiger partial charge in [0, 0.05) is 5.56 Å². The fourth-order valence-corrected chi connectivity index (χ4v) is 3.17. The molecule has 0 aromatic heterocycles. The average molecular weight is 365 g/mol. The van der Waals surface area contributed by atoms with Crippen molar-refractivity contribution >= 4 is 35.0 Å². The molecule has 0 spiro atoms. The van der Waals surface area contributed by atoms with Crippen LogP contribution in [-0.4, -0.2) is 48.9 Å². The van der Waals surface area contributed by atoms with Crippen LogP contribution in [0.25, 0.3) is 6.08 Å². The maximum atomic E-state index is 12.6. The Morgan fingerprint density at radius 3 is 2.60 bits per heavy atom. The Bertz CT molecular complexity index is 730. The van der Waals surface area contributed by atoms with Crippen LogP contribution in [0.15, 0.2) is 23.1 Å². The van der Waals surface area contributed by atoms with Crippen molar-refractivity contribution in [3.05, 3.63) is 28.7 Å². The monoisotopic (exact) mass is 365 g/mol. The van der Waals surface area contributed by atoms with Crippen LogP contribution < -0.4 is 9.47 Å². The number of rotatable bonds is 6. The molecule has 25 heavy (non-hydrogen) atoms. The van der Waals surface area contributed by atoms with E-state index < -0.39 is 23.2 Å². The summed E-state index contributed by atoms with van der Waals surface area (Å²) < 4.78 is 15.3. The number of benzene rings is 1. The number of methoxy groups -OCH3 is 2. The molecule has 1 fully saturated rings. The Labute approximate surface area is 149 Å². The SMILES string of the molecule is CCOC(=O)[C@H](C)N1C(=O)S/C(=C\c2cc(OC)ccc2OC)C1=O. The lowest BCUT2D eigenvalue weighted by Gasteiger charge is -2.19. The number of ether oxygens (including phenoxy) is 3. The summed E-state index contributed by atoms with van der Waals surface area (Å²) in [6, 6.07) is 4.15. The van der Waals surface area contributed by atoms with E-state index in [0.29, 0.717) is 17.1 Å². The maximum absolute atomic E-state index is 12.6. The van der Waals surface area contributed by atoms with Crippen LogP contribution in [0.3, 0.4) is 0 Å². The number of thioether (sulfide) groups is 1. The van der Waals surface area contributed by atoms with E-state index in [0.717, 1.165) is 16.7 Å². The van der Waals surface area contributed by atoms with E-state index in [-0.39, 0.29) is 11.5 Å². The number of carbonyl (C=O) groups is 3. The third-order valence-electron chi connectivity index (χ3n) is 3.56. The van der Waals surface area contributed by atoms with Crippen molar-refractivity contribution in [1.82, 2.24) is 4.90 Å². The molecule has 134 valence electrons. The van der Waals surface area contributed by atoms with Crippen molar-refractivity contribution in [3.8, 4) is 11.5 Å². The van der Waals surface area contributed by atoms with Gasteiger partial charge in [-0.15, -0.1) is 0 Å². The molecular formula is C17H19NO6S. The van der Waals surface area contributed by atoms with E-state index in [1.165, 1.54) is 21.1 Å². The molecule has 1 aromatic carbocycles. The van der Waals surface area contributed by atoms with Gasteiger partial charge in [0.1, 0.15) is 17.5 Å². The summed E-state index contributed by atoms with van der Waals surface area (Å²) >= 11 is 0.767. The van der Waals surface area contributed by atoms with Gasteiger partial charge in [0.2, 0.25) is 0 Å². The number of imide groups is 1. The summed E-state index contributed by atoms with van der Waals surface area (Å²) in [4.78, 5) is 37.7. The third kappa shape index (κ3) is 3.96. The van der Waals surface area contributed by atoms with Crippen LogP contribution in [0.2, 0.25) is 0 Å². The van der Waals surface area contributed by atoms with E-state index in [4.69, 9.17) is 14.2 Å². The zero-order chi connectivity index (χ0) is 18.6. The molecule has 0 saturated carbocycles. The normalized spacial score (nSPS) is 17.0. The lowest BCUT2D eigenvalue weighted by atomic mass is 10.1. The van der Waals surface area contributed by atoms with Gasteiger partial charge in [0.15, 0.2) is 0 Å². The highest BCUT2D eigenvalue weighted by Gasteiger charge is 2.41. The topological polar surface area (TPSA) is 82.1 Å². The van der Waals surface area contributed by atoms with E-state index in [1.54, 1.807) is 31.2 Å². The second-order valence-corrected chi connectivity index (χ2v) is 6.08. The Morgan fingerprint density at radius 2 is 2.00 bits per heavy atom. The first-order chi connectivity index (χ1) is 11.9. The van der Waals surface area contributed by atoms with Crippen LogP contribution in [0.4, 0.5) is 4.79 Å². The first-order valence-corrected chi connectivity index (χ1v) is 8.40. The van der Waals surface area contributed by atoms with Crippen molar-refractivity contribution in [3.63, 3.8) is 0 Å². The summed E-state index contributed by atoms with van der Waals surface area (Å²) in [7, 11) is 3.04. The number of amides is 2. The van der Waals surface area contributed by atoms with Gasteiger partial charge in [0.05, 0.1) is 25.7 Å². The third-order valence-corrected chi connectivity index (χ3v) is 4.45. The Balaban J connectivity index is 2.33. The van der Waals surface area contributed by atoms with Crippen LogP contribution in [0, 0.1) is 0 Å². The fourth-order valence-electron chi connectivity index (χ4n) is 2.28. The van der Waals surface area contributed by atoms with Crippen molar-refractivity contribution in [2.24, 2.45) is 0 Å². The number of carbonyl (C=O) groups excluding carboxylic acids is 3. The Kier molecular flexibility index (Phi) is 6.08. The van der Waals surface area contributed by atoms with E-state index in [9.17, 15) is 14.4 Å². The highest BCUT2D eigenvalue weighted by atomic mass is 32.2. The lowest BCUT2D eigenvalue weighted by molar-refractivity contribution is -0.150. The van der Waals surface area contributed by atoms with E-state index in [2.05, 4.69) is 0 Å². The van der Waals surface area contributed by atoms with Gasteiger partial charge in [0.25, 0.3) is 11.1 Å². The molecule has 0 N–H and O–H groups in total. The lowest BCUT2D eigenvalue weighted by Crippen LogP contribution is -2.42. The average Bonchev–Trinajstić information content (AvgIpc) is 2.88. The second-order valence-electron chi connectivity index (χ2n) is 5.09. The van der Waals surface area contributed by atoms with Crippen LogP contribution in [0.1, 0.15) is 19.4 Å². The summed E-state index contributed by atoms with van der Waals surface area (Å²) in [6.07, 6.45) is 1.55. The van der Waals surface area contributed by atoms with E-state index >= 15 is 0 Å². The molecule has 1 atom stereocenters. The molecule has 0 bridgehead atoms. The minimum absolute atomic E-state index is 0.177. The first-order valence-electron chi connectivity index (χ1n) is 7.58. The van der Waals surface area contributed by atoms with Crippen molar-refractivity contribution in [2.75, 3.05) is 20.8 Å². The zero-order valence-corrected chi connectivity index (χ0v) is 15.2. The molecule has 0 radical (unpaired) electrons. The molecular weight excluding hydrogens is 346 g/mol. The summed E-state index contributed by atoms with van der Waals surface area (Å²) in [5.74, 6) is -0.0392. The van der Waals surface area contributed by atoms with Gasteiger partial charge in [-0.1, -0.05) is 0 Å². The quantitative estimate of drug-likeness (QED) is 0.566. The minimum atomic E-state index is -0.981. The van der Waals surface area contributed by atoms with Gasteiger partial charge in [-0.2, -0.15) is 0 Å². The van der Waals surface area contributed by atoms with Crippen molar-refractivity contribution < 1.29 is 28.6 Å². The zero-order valence-electron chi connectivity index (χ0n) is 14.4. The second kappa shape index (κ2) is 8.06. The first kappa shape index (κ1) is 18.9. The molecule has 0 unspecified atom stereocenters. The highest BCUT2D eigenvalue weighted by Crippen LogP contribution is 2.36. The molecule has 1 aromatic rings. The summed E-state index contributed by atoms with van der Waals surface area (Å²) in [5, 5.41) is -0.515. The van der Waals surface area contributed by atoms with Crippen molar-refractivity contribution in [2.45, 2.75) is 19.9 Å². The van der Waals surface area contributed by atoms with Gasteiger partial charge in [-0.05, 0) is 49.9 Å². The number of esters is 1. The highest BCUT2D eigenvalue weighted by molar-refractivity contribution is 8.18. The van der Waals surface area contributed by atoms with Gasteiger partial charge < -0.3 is 14.2 Å². The standard InChI is InChI=1S/C17H19NO6S/c1-5-24-16(20)10(2)18-15(19)14(25-17(18)21)9-11-8-12(22-3)6-7-13(11)23-4/h6-10H,5H2,1-4H3/b14-9-/t10-/m0/s1. The van der Waals surface area contributed by atoms with Crippen LogP contribution >= 0.6 is 11.8 Å². The van der Waals surface area contributed by atoms with Crippen LogP contribution in [0.5, 0.6) is 11.5 Å². The predicted octanol–water partition coefficient (Wildman–Crippen LogP) is 2.69. The number of nitrogens with zero attached hydrogens (tertiary/aromatic N) is 1. The predicted molar refractivity (Wildman–Crippen MR) is 93.5 cm³/mol. The Morgan fingerprint density at radius 1 is 1.28 bits per heavy atom. The largest absolute Gasteiger partial charge is 0.497 e. The number of hydrogen-bond donors (Lipinski definition) is 0. The molecule has 2 rings (SSSR count). The van der Waals surface area contributed by atoms with Crippen LogP contribution in [-0.2, 0) is 14.3 Å². The molecule has 1 aliphatic rings. The molecule has 2 amide bonds.